The number of hydroxylamine groups is 2. The lowest BCUT2D eigenvalue weighted by Gasteiger charge is -1.99. The van der Waals surface area contributed by atoms with Gasteiger partial charge in [-0.2, -0.15) is 5.06 Å². The molecule has 0 aromatic carbocycles. The van der Waals surface area contributed by atoms with E-state index < -0.39 is 0 Å². The molecule has 2 rings (SSSR count). The molecule has 0 amide bonds. The minimum atomic E-state index is 0.214. The Morgan fingerprint density at radius 2 is 2.06 bits per heavy atom. The fourth-order valence-electron chi connectivity index (χ4n) is 1.04. The maximum Gasteiger partial charge on any atom is 0.144 e. The highest BCUT2D eigenvalue weighted by Gasteiger charge is 2.13. The predicted molar refractivity (Wildman–Crippen MR) is 72.4 cm³/mol. The van der Waals surface area contributed by atoms with Crippen molar-refractivity contribution in [2.24, 2.45) is 4.99 Å². The first-order chi connectivity index (χ1) is 8.61. The summed E-state index contributed by atoms with van der Waals surface area (Å²) in [7, 11) is 3.11. The molecular formula is C11H17N3O3S. The number of carbonyl (C=O) groups is 1. The molecule has 0 saturated carbocycles. The fraction of sp³-hybridized carbons (Fsp3) is 0.364. The van der Waals surface area contributed by atoms with Gasteiger partial charge in [-0.3, -0.25) is 9.98 Å². The normalized spacial score (nSPS) is 13.0. The van der Waals surface area contributed by atoms with Gasteiger partial charge in [0.1, 0.15) is 23.3 Å². The van der Waals surface area contributed by atoms with Crippen molar-refractivity contribution >= 4 is 23.6 Å². The van der Waals surface area contributed by atoms with Crippen LogP contribution >= 0.6 is 11.8 Å². The molecule has 2 N–H and O–H groups in total. The molecule has 0 atom stereocenters. The lowest BCUT2D eigenvalue weighted by Crippen LogP contribution is -2.01. The Bertz CT molecular complexity index is 383. The van der Waals surface area contributed by atoms with Crippen LogP contribution in [0.4, 0.5) is 0 Å². The van der Waals surface area contributed by atoms with Crippen molar-refractivity contribution in [3.8, 4) is 5.75 Å². The van der Waals surface area contributed by atoms with E-state index in [1.165, 1.54) is 0 Å². The second kappa shape index (κ2) is 9.58. The van der Waals surface area contributed by atoms with Gasteiger partial charge in [0.25, 0.3) is 0 Å². The third-order valence-electron chi connectivity index (χ3n) is 1.57. The molecule has 0 fully saturated rings. The van der Waals surface area contributed by atoms with Crippen molar-refractivity contribution in [1.29, 1.82) is 0 Å². The molecule has 1 aromatic heterocycles. The number of rotatable bonds is 1. The molecule has 0 saturated heterocycles. The van der Waals surface area contributed by atoms with E-state index in [4.69, 9.17) is 10.0 Å². The second-order valence-corrected chi connectivity index (χ2v) is 4.34. The van der Waals surface area contributed by atoms with Gasteiger partial charge in [-0.1, -0.05) is 0 Å². The van der Waals surface area contributed by atoms with Crippen LogP contribution in [0.2, 0.25) is 0 Å². The highest BCUT2D eigenvalue weighted by atomic mass is 32.2. The number of aromatic nitrogens is 1. The molecule has 7 heteroatoms. The van der Waals surface area contributed by atoms with Gasteiger partial charge < -0.3 is 15.1 Å². The van der Waals surface area contributed by atoms with Crippen molar-refractivity contribution in [1.82, 2.24) is 10.0 Å². The van der Waals surface area contributed by atoms with Crippen molar-refractivity contribution in [2.75, 3.05) is 26.4 Å². The maximum atomic E-state index is 9.41. The van der Waals surface area contributed by atoms with E-state index >= 15 is 0 Å². The molecule has 0 radical (unpaired) electrons. The highest BCUT2D eigenvalue weighted by Crippen LogP contribution is 2.23. The Balaban J connectivity index is 0.000000415. The third kappa shape index (κ3) is 6.33. The first kappa shape index (κ1) is 16.6. The molecule has 1 aliphatic rings. The molecule has 6 nitrogen and oxygen atoms in total. The van der Waals surface area contributed by atoms with Crippen LogP contribution in [0.3, 0.4) is 0 Å². The topological polar surface area (TPSA) is 86.0 Å². The number of pyridine rings is 1. The van der Waals surface area contributed by atoms with Crippen LogP contribution < -0.4 is 0 Å². The monoisotopic (exact) mass is 271 g/mol. The number of hydrogen-bond acceptors (Lipinski definition) is 7. The summed E-state index contributed by atoms with van der Waals surface area (Å²) in [6, 6.07) is 3.34. The SMILES string of the molecule is C=O.CN(C)O.Oc1cccnc1C1=NCCS1. The fourth-order valence-corrected chi connectivity index (χ4v) is 1.89. The number of hydrogen-bond donors (Lipinski definition) is 2. The summed E-state index contributed by atoms with van der Waals surface area (Å²) in [6.07, 6.45) is 1.66. The zero-order valence-corrected chi connectivity index (χ0v) is 11.2. The molecule has 0 aliphatic carbocycles. The predicted octanol–water partition coefficient (Wildman–Crippen LogP) is 1.03. The Morgan fingerprint density at radius 3 is 2.50 bits per heavy atom. The summed E-state index contributed by atoms with van der Waals surface area (Å²) in [5.74, 6) is 1.20. The van der Waals surface area contributed by atoms with Crippen LogP contribution in [0.5, 0.6) is 5.75 Å². The van der Waals surface area contributed by atoms with Gasteiger partial charge >= 0.3 is 0 Å². The van der Waals surface area contributed by atoms with Crippen LogP contribution in [0.1, 0.15) is 5.69 Å². The second-order valence-electron chi connectivity index (χ2n) is 3.25. The van der Waals surface area contributed by atoms with Crippen molar-refractivity contribution < 1.29 is 15.1 Å². The van der Waals surface area contributed by atoms with E-state index in [1.54, 1.807) is 44.2 Å². The first-order valence-electron chi connectivity index (χ1n) is 5.08. The van der Waals surface area contributed by atoms with E-state index in [-0.39, 0.29) is 5.75 Å². The summed E-state index contributed by atoms with van der Waals surface area (Å²) in [5, 5.41) is 19.2. The Morgan fingerprint density at radius 1 is 1.44 bits per heavy atom. The summed E-state index contributed by atoms with van der Waals surface area (Å²) in [6.45, 7) is 2.83. The van der Waals surface area contributed by atoms with Gasteiger partial charge in [-0.25, -0.2) is 0 Å². The maximum absolute atomic E-state index is 9.41. The van der Waals surface area contributed by atoms with Gasteiger partial charge in [0.05, 0.1) is 0 Å². The molecule has 18 heavy (non-hydrogen) atoms. The van der Waals surface area contributed by atoms with Crippen LogP contribution in [0.15, 0.2) is 23.3 Å². The van der Waals surface area contributed by atoms with Crippen molar-refractivity contribution in [3.05, 3.63) is 24.0 Å². The zero-order valence-electron chi connectivity index (χ0n) is 10.4. The number of carbonyl (C=O) groups excluding carboxylic acids is 1. The highest BCUT2D eigenvalue weighted by molar-refractivity contribution is 8.14. The summed E-state index contributed by atoms with van der Waals surface area (Å²) < 4.78 is 0. The zero-order chi connectivity index (χ0) is 14.0. The quantitative estimate of drug-likeness (QED) is 0.742. The summed E-state index contributed by atoms with van der Waals surface area (Å²) >= 11 is 1.64. The molecule has 100 valence electrons. The first-order valence-corrected chi connectivity index (χ1v) is 6.06. The van der Waals surface area contributed by atoms with Gasteiger partial charge in [0.15, 0.2) is 0 Å². The van der Waals surface area contributed by atoms with E-state index in [0.29, 0.717) is 5.69 Å². The number of aliphatic imine (C=N–C) groups is 1. The van der Waals surface area contributed by atoms with Crippen molar-refractivity contribution in [3.63, 3.8) is 0 Å². The van der Waals surface area contributed by atoms with Gasteiger partial charge in [0, 0.05) is 32.6 Å². The average molecular weight is 271 g/mol. The minimum absolute atomic E-state index is 0.214. The van der Waals surface area contributed by atoms with Crippen LogP contribution in [0.25, 0.3) is 0 Å². The standard InChI is InChI=1S/C8H8N2OS.C2H7NO.CH2O/c11-6-2-1-3-9-7(6)8-10-4-5-12-8;1-3(2)4;1-2/h1-3,11H,4-5H2;4H,1-2H3;1H2. The summed E-state index contributed by atoms with van der Waals surface area (Å²) in [5.41, 5.74) is 0.611. The molecule has 0 unspecified atom stereocenters. The lowest BCUT2D eigenvalue weighted by molar-refractivity contribution is -0.0980. The lowest BCUT2D eigenvalue weighted by atomic mass is 10.3. The minimum Gasteiger partial charge on any atom is -0.506 e. The smallest absolute Gasteiger partial charge is 0.144 e. The molecule has 1 aliphatic heterocycles. The molecule has 0 spiro atoms. The van der Waals surface area contributed by atoms with Crippen LogP contribution in [-0.2, 0) is 4.79 Å². The van der Waals surface area contributed by atoms with Crippen LogP contribution in [0, 0.1) is 0 Å². The molecular weight excluding hydrogens is 254 g/mol. The van der Waals surface area contributed by atoms with Crippen molar-refractivity contribution in [2.45, 2.75) is 0 Å². The summed E-state index contributed by atoms with van der Waals surface area (Å²) in [4.78, 5) is 16.3. The van der Waals surface area contributed by atoms with Gasteiger partial charge in [0.2, 0.25) is 0 Å². The van der Waals surface area contributed by atoms with E-state index in [2.05, 4.69) is 9.98 Å². The average Bonchev–Trinajstić information content (AvgIpc) is 2.85. The third-order valence-corrected chi connectivity index (χ3v) is 2.56. The molecule has 0 bridgehead atoms. The number of thioether (sulfide) groups is 1. The van der Waals surface area contributed by atoms with Gasteiger partial charge in [-0.15, -0.1) is 11.8 Å². The molecule has 1 aromatic rings. The molecule has 2 heterocycles. The van der Waals surface area contributed by atoms with Crippen LogP contribution in [-0.4, -0.2) is 58.6 Å². The Kier molecular flexibility index (Phi) is 8.81. The van der Waals surface area contributed by atoms with E-state index in [9.17, 15) is 5.11 Å². The van der Waals surface area contributed by atoms with E-state index in [1.807, 2.05) is 6.79 Å². The largest absolute Gasteiger partial charge is 0.506 e. The van der Waals surface area contributed by atoms with Gasteiger partial charge in [-0.05, 0) is 12.1 Å². The Hall–Kier alpha value is -1.44. The number of nitrogens with zero attached hydrogens (tertiary/aromatic N) is 3. The van der Waals surface area contributed by atoms with E-state index in [0.717, 1.165) is 22.4 Å². The number of aromatic hydroxyl groups is 1. The Labute approximate surface area is 110 Å².